The minimum Gasteiger partial charge on any atom is -0.313 e. The standard InChI is InChI=1S/C15H30N2/c1-3-16-15-8-10-17(12-15)9-7-14-6-4-5-13(2)11-14/h13-16H,3-12H2,1-2H3. The summed E-state index contributed by atoms with van der Waals surface area (Å²) in [7, 11) is 0. The van der Waals surface area contributed by atoms with Crippen LogP contribution in [0.2, 0.25) is 0 Å². The van der Waals surface area contributed by atoms with Gasteiger partial charge in [-0.2, -0.15) is 0 Å². The van der Waals surface area contributed by atoms with Gasteiger partial charge in [0.2, 0.25) is 0 Å². The predicted octanol–water partition coefficient (Wildman–Crippen LogP) is 2.89. The van der Waals surface area contributed by atoms with Crippen molar-refractivity contribution in [1.82, 2.24) is 10.2 Å². The highest BCUT2D eigenvalue weighted by Gasteiger charge is 2.23. The van der Waals surface area contributed by atoms with Crippen molar-refractivity contribution in [3.63, 3.8) is 0 Å². The van der Waals surface area contributed by atoms with Crippen molar-refractivity contribution in [2.75, 3.05) is 26.2 Å². The molecule has 0 aromatic heterocycles. The second-order valence-electron chi connectivity index (χ2n) is 6.27. The van der Waals surface area contributed by atoms with Crippen LogP contribution in [0.5, 0.6) is 0 Å². The first kappa shape index (κ1) is 13.4. The molecule has 1 heterocycles. The lowest BCUT2D eigenvalue weighted by Crippen LogP contribution is -2.33. The van der Waals surface area contributed by atoms with E-state index in [1.54, 1.807) is 0 Å². The Morgan fingerprint density at radius 3 is 2.88 bits per heavy atom. The maximum atomic E-state index is 3.58. The molecular weight excluding hydrogens is 208 g/mol. The highest BCUT2D eigenvalue weighted by Crippen LogP contribution is 2.31. The molecule has 1 saturated carbocycles. The molecule has 0 aromatic rings. The van der Waals surface area contributed by atoms with Crippen LogP contribution in [0, 0.1) is 11.8 Å². The number of hydrogen-bond acceptors (Lipinski definition) is 2. The molecule has 2 nitrogen and oxygen atoms in total. The van der Waals surface area contributed by atoms with E-state index >= 15 is 0 Å². The lowest BCUT2D eigenvalue weighted by Gasteiger charge is -2.28. The molecule has 3 unspecified atom stereocenters. The lowest BCUT2D eigenvalue weighted by molar-refractivity contribution is 0.230. The number of nitrogens with one attached hydrogen (secondary N) is 1. The highest BCUT2D eigenvalue weighted by molar-refractivity contribution is 4.81. The van der Waals surface area contributed by atoms with Crippen LogP contribution in [-0.2, 0) is 0 Å². The van der Waals surface area contributed by atoms with Gasteiger partial charge in [0, 0.05) is 12.6 Å². The number of hydrogen-bond donors (Lipinski definition) is 1. The number of rotatable bonds is 5. The maximum absolute atomic E-state index is 3.58. The van der Waals surface area contributed by atoms with Crippen LogP contribution in [0.4, 0.5) is 0 Å². The van der Waals surface area contributed by atoms with E-state index in [-0.39, 0.29) is 0 Å². The quantitative estimate of drug-likeness (QED) is 0.792. The van der Waals surface area contributed by atoms with Gasteiger partial charge in [-0.15, -0.1) is 0 Å². The molecule has 100 valence electrons. The maximum Gasteiger partial charge on any atom is 0.0207 e. The van der Waals surface area contributed by atoms with E-state index in [0.717, 1.165) is 24.4 Å². The summed E-state index contributed by atoms with van der Waals surface area (Å²) in [5.74, 6) is 2.01. The molecule has 1 saturated heterocycles. The van der Waals surface area contributed by atoms with Gasteiger partial charge in [-0.3, -0.25) is 0 Å². The molecule has 0 spiro atoms. The first-order valence-corrected chi connectivity index (χ1v) is 7.73. The van der Waals surface area contributed by atoms with Gasteiger partial charge in [0.1, 0.15) is 0 Å². The molecule has 0 amide bonds. The third-order valence-electron chi connectivity index (χ3n) is 4.66. The van der Waals surface area contributed by atoms with Gasteiger partial charge in [-0.05, 0) is 50.7 Å². The smallest absolute Gasteiger partial charge is 0.0207 e. The second kappa shape index (κ2) is 6.75. The van der Waals surface area contributed by atoms with Crippen LogP contribution < -0.4 is 5.32 Å². The Labute approximate surface area is 107 Å². The molecule has 17 heavy (non-hydrogen) atoms. The predicted molar refractivity (Wildman–Crippen MR) is 74.3 cm³/mol. The summed E-state index contributed by atoms with van der Waals surface area (Å²) in [5, 5.41) is 3.58. The third kappa shape index (κ3) is 4.26. The molecule has 0 aromatic carbocycles. The van der Waals surface area contributed by atoms with Gasteiger partial charge >= 0.3 is 0 Å². The first-order valence-electron chi connectivity index (χ1n) is 7.73. The van der Waals surface area contributed by atoms with Crippen LogP contribution in [0.1, 0.15) is 52.4 Å². The van der Waals surface area contributed by atoms with Crippen LogP contribution >= 0.6 is 0 Å². The van der Waals surface area contributed by atoms with Gasteiger partial charge in [-0.1, -0.05) is 33.1 Å². The summed E-state index contributed by atoms with van der Waals surface area (Å²) < 4.78 is 0. The van der Waals surface area contributed by atoms with Crippen molar-refractivity contribution in [3.8, 4) is 0 Å². The van der Waals surface area contributed by atoms with Crippen molar-refractivity contribution < 1.29 is 0 Å². The fourth-order valence-electron chi connectivity index (χ4n) is 3.68. The Bertz CT molecular complexity index is 217. The van der Waals surface area contributed by atoms with Gasteiger partial charge in [0.25, 0.3) is 0 Å². The van der Waals surface area contributed by atoms with Gasteiger partial charge in [0.05, 0.1) is 0 Å². The summed E-state index contributed by atoms with van der Waals surface area (Å²) in [5.41, 5.74) is 0. The van der Waals surface area contributed by atoms with E-state index in [1.807, 2.05) is 0 Å². The van der Waals surface area contributed by atoms with Crippen LogP contribution in [0.3, 0.4) is 0 Å². The third-order valence-corrected chi connectivity index (χ3v) is 4.66. The minimum absolute atomic E-state index is 0.769. The van der Waals surface area contributed by atoms with Crippen molar-refractivity contribution in [2.24, 2.45) is 11.8 Å². The number of likely N-dealkylation sites (tertiary alicyclic amines) is 1. The van der Waals surface area contributed by atoms with E-state index in [4.69, 9.17) is 0 Å². The average Bonchev–Trinajstić information content (AvgIpc) is 2.75. The van der Waals surface area contributed by atoms with Gasteiger partial charge in [0.15, 0.2) is 0 Å². The van der Waals surface area contributed by atoms with E-state index in [0.29, 0.717) is 0 Å². The molecular formula is C15H30N2. The minimum atomic E-state index is 0.769. The normalized spacial score (nSPS) is 35.3. The SMILES string of the molecule is CCNC1CCN(CCC2CCCC(C)C2)C1. The lowest BCUT2D eigenvalue weighted by atomic mass is 9.81. The molecule has 1 N–H and O–H groups in total. The van der Waals surface area contributed by atoms with Crippen molar-refractivity contribution in [2.45, 2.75) is 58.4 Å². The molecule has 2 fully saturated rings. The van der Waals surface area contributed by atoms with Gasteiger partial charge in [-0.25, -0.2) is 0 Å². The van der Waals surface area contributed by atoms with Crippen LogP contribution in [0.15, 0.2) is 0 Å². The molecule has 2 heteroatoms. The number of nitrogens with zero attached hydrogens (tertiary/aromatic N) is 1. The Morgan fingerprint density at radius 1 is 1.24 bits per heavy atom. The Kier molecular flexibility index (Phi) is 5.30. The van der Waals surface area contributed by atoms with Crippen molar-refractivity contribution >= 4 is 0 Å². The Morgan fingerprint density at radius 2 is 2.12 bits per heavy atom. The van der Waals surface area contributed by atoms with E-state index in [9.17, 15) is 0 Å². The monoisotopic (exact) mass is 238 g/mol. The molecule has 1 aliphatic carbocycles. The fourth-order valence-corrected chi connectivity index (χ4v) is 3.68. The molecule has 2 aliphatic rings. The topological polar surface area (TPSA) is 15.3 Å². The molecule has 0 bridgehead atoms. The Hall–Kier alpha value is -0.0800. The van der Waals surface area contributed by atoms with Crippen molar-refractivity contribution in [3.05, 3.63) is 0 Å². The molecule has 0 radical (unpaired) electrons. The van der Waals surface area contributed by atoms with Crippen molar-refractivity contribution in [1.29, 1.82) is 0 Å². The van der Waals surface area contributed by atoms with Gasteiger partial charge < -0.3 is 10.2 Å². The summed E-state index contributed by atoms with van der Waals surface area (Å²) in [6.45, 7) is 9.73. The highest BCUT2D eigenvalue weighted by atomic mass is 15.2. The summed E-state index contributed by atoms with van der Waals surface area (Å²) in [4.78, 5) is 2.67. The average molecular weight is 238 g/mol. The van der Waals surface area contributed by atoms with E-state index < -0.39 is 0 Å². The fraction of sp³-hybridized carbons (Fsp3) is 1.00. The zero-order valence-corrected chi connectivity index (χ0v) is 11.8. The molecule has 2 rings (SSSR count). The molecule has 3 atom stereocenters. The van der Waals surface area contributed by atoms with Crippen LogP contribution in [0.25, 0.3) is 0 Å². The number of likely N-dealkylation sites (N-methyl/N-ethyl adjacent to an activating group) is 1. The first-order chi connectivity index (χ1) is 8.28. The van der Waals surface area contributed by atoms with Crippen LogP contribution in [-0.4, -0.2) is 37.1 Å². The zero-order valence-electron chi connectivity index (χ0n) is 11.8. The second-order valence-corrected chi connectivity index (χ2v) is 6.27. The Balaban J connectivity index is 1.62. The summed E-state index contributed by atoms with van der Waals surface area (Å²) in [6, 6.07) is 0.769. The van der Waals surface area contributed by atoms with E-state index in [1.165, 1.54) is 58.2 Å². The summed E-state index contributed by atoms with van der Waals surface area (Å²) >= 11 is 0. The largest absolute Gasteiger partial charge is 0.313 e. The van der Waals surface area contributed by atoms with E-state index in [2.05, 4.69) is 24.1 Å². The summed E-state index contributed by atoms with van der Waals surface area (Å²) in [6.07, 6.45) is 8.74. The molecule has 1 aliphatic heterocycles. The zero-order chi connectivity index (χ0) is 12.1.